The van der Waals surface area contributed by atoms with Gasteiger partial charge in [-0.25, -0.2) is 9.59 Å². The SMILES string of the molecule is CC(=O)Oc1cc(OC(=O)c2cccnc2)cc2oc(=O)cc(C)c12. The molecule has 0 N–H and O–H groups in total. The molecule has 0 radical (unpaired) electrons. The van der Waals surface area contributed by atoms with Crippen LogP contribution in [0.3, 0.4) is 0 Å². The average Bonchev–Trinajstić information content (AvgIpc) is 2.54. The molecule has 7 heteroatoms. The fourth-order valence-corrected chi connectivity index (χ4v) is 2.37. The summed E-state index contributed by atoms with van der Waals surface area (Å²) >= 11 is 0. The highest BCUT2D eigenvalue weighted by atomic mass is 16.5. The molecule has 3 rings (SSSR count). The fraction of sp³-hybridized carbons (Fsp3) is 0.111. The van der Waals surface area contributed by atoms with Crippen molar-refractivity contribution >= 4 is 22.9 Å². The first-order valence-corrected chi connectivity index (χ1v) is 7.33. The Morgan fingerprint density at radius 1 is 1.16 bits per heavy atom. The Bertz CT molecular complexity index is 1020. The van der Waals surface area contributed by atoms with Gasteiger partial charge in [0.05, 0.1) is 10.9 Å². The molecule has 0 bridgehead atoms. The number of benzene rings is 1. The molecule has 0 unspecified atom stereocenters. The zero-order valence-electron chi connectivity index (χ0n) is 13.4. The molecular formula is C18H13NO6. The molecule has 0 fully saturated rings. The zero-order valence-corrected chi connectivity index (χ0v) is 13.4. The van der Waals surface area contributed by atoms with E-state index in [1.54, 1.807) is 19.1 Å². The molecule has 0 aliphatic rings. The molecular weight excluding hydrogens is 326 g/mol. The fourth-order valence-electron chi connectivity index (χ4n) is 2.37. The summed E-state index contributed by atoms with van der Waals surface area (Å²) in [6.07, 6.45) is 2.89. The summed E-state index contributed by atoms with van der Waals surface area (Å²) in [4.78, 5) is 39.0. The second-order valence-corrected chi connectivity index (χ2v) is 5.27. The van der Waals surface area contributed by atoms with Gasteiger partial charge in [0, 0.05) is 37.5 Å². The van der Waals surface area contributed by atoms with Crippen LogP contribution in [0.4, 0.5) is 0 Å². The Morgan fingerprint density at radius 2 is 1.96 bits per heavy atom. The van der Waals surface area contributed by atoms with Gasteiger partial charge in [0.2, 0.25) is 0 Å². The van der Waals surface area contributed by atoms with Crippen LogP contribution in [0, 0.1) is 6.92 Å². The summed E-state index contributed by atoms with van der Waals surface area (Å²) in [6, 6.07) is 7.23. The number of nitrogens with zero attached hydrogens (tertiary/aromatic N) is 1. The summed E-state index contributed by atoms with van der Waals surface area (Å²) in [5.41, 5.74) is 0.419. The molecule has 126 valence electrons. The highest BCUT2D eigenvalue weighted by Crippen LogP contribution is 2.33. The van der Waals surface area contributed by atoms with Gasteiger partial charge in [0.25, 0.3) is 0 Å². The second kappa shape index (κ2) is 6.56. The molecule has 0 saturated heterocycles. The van der Waals surface area contributed by atoms with Gasteiger partial charge in [0.1, 0.15) is 17.1 Å². The first kappa shape index (κ1) is 16.4. The maximum atomic E-state index is 12.2. The van der Waals surface area contributed by atoms with Crippen LogP contribution in [0.25, 0.3) is 11.0 Å². The highest BCUT2D eigenvalue weighted by molar-refractivity contribution is 5.93. The van der Waals surface area contributed by atoms with E-state index in [2.05, 4.69) is 4.98 Å². The lowest BCUT2D eigenvalue weighted by molar-refractivity contribution is -0.131. The van der Waals surface area contributed by atoms with Crippen LogP contribution in [0.1, 0.15) is 22.8 Å². The Morgan fingerprint density at radius 3 is 2.64 bits per heavy atom. The van der Waals surface area contributed by atoms with E-state index in [-0.39, 0.29) is 22.6 Å². The Kier molecular flexibility index (Phi) is 4.30. The first-order valence-electron chi connectivity index (χ1n) is 7.33. The second-order valence-electron chi connectivity index (χ2n) is 5.27. The third-order valence-electron chi connectivity index (χ3n) is 3.34. The van der Waals surface area contributed by atoms with Crippen LogP contribution in [0.5, 0.6) is 11.5 Å². The highest BCUT2D eigenvalue weighted by Gasteiger charge is 2.16. The number of ether oxygens (including phenoxy) is 2. The Hall–Kier alpha value is -3.48. The number of carbonyl (C=O) groups is 2. The van der Waals surface area contributed by atoms with E-state index in [9.17, 15) is 14.4 Å². The number of aryl methyl sites for hydroxylation is 1. The van der Waals surface area contributed by atoms with Gasteiger partial charge >= 0.3 is 17.6 Å². The van der Waals surface area contributed by atoms with E-state index in [0.717, 1.165) is 0 Å². The average molecular weight is 339 g/mol. The number of fused-ring (bicyclic) bond motifs is 1. The van der Waals surface area contributed by atoms with E-state index in [1.165, 1.54) is 37.5 Å². The van der Waals surface area contributed by atoms with Crippen molar-refractivity contribution in [1.29, 1.82) is 0 Å². The summed E-state index contributed by atoms with van der Waals surface area (Å²) in [5.74, 6) is -0.981. The number of aromatic nitrogens is 1. The van der Waals surface area contributed by atoms with Gasteiger partial charge in [-0.1, -0.05) is 0 Å². The number of rotatable bonds is 3. The quantitative estimate of drug-likeness (QED) is 0.411. The number of pyridine rings is 1. The molecule has 0 saturated carbocycles. The maximum Gasteiger partial charge on any atom is 0.345 e. The summed E-state index contributed by atoms with van der Waals surface area (Å²) in [7, 11) is 0. The van der Waals surface area contributed by atoms with Crippen molar-refractivity contribution in [2.24, 2.45) is 0 Å². The van der Waals surface area contributed by atoms with Gasteiger partial charge in [-0.15, -0.1) is 0 Å². The molecule has 0 atom stereocenters. The molecule has 0 amide bonds. The molecule has 3 aromatic rings. The summed E-state index contributed by atoms with van der Waals surface area (Å²) in [6.45, 7) is 2.93. The minimum absolute atomic E-state index is 0.0753. The summed E-state index contributed by atoms with van der Waals surface area (Å²) in [5, 5.41) is 0.455. The number of hydrogen-bond acceptors (Lipinski definition) is 7. The van der Waals surface area contributed by atoms with Crippen molar-refractivity contribution in [3.8, 4) is 11.5 Å². The van der Waals surface area contributed by atoms with Crippen molar-refractivity contribution in [3.05, 3.63) is 64.3 Å². The lowest BCUT2D eigenvalue weighted by Crippen LogP contribution is -2.10. The Balaban J connectivity index is 2.08. The number of carbonyl (C=O) groups excluding carboxylic acids is 2. The zero-order chi connectivity index (χ0) is 18.0. The lowest BCUT2D eigenvalue weighted by Gasteiger charge is -2.11. The van der Waals surface area contributed by atoms with Gasteiger partial charge in [0.15, 0.2) is 0 Å². The van der Waals surface area contributed by atoms with Crippen molar-refractivity contribution < 1.29 is 23.5 Å². The molecule has 7 nitrogen and oxygen atoms in total. The first-order chi connectivity index (χ1) is 11.9. The van der Waals surface area contributed by atoms with E-state index < -0.39 is 17.6 Å². The van der Waals surface area contributed by atoms with Crippen molar-refractivity contribution in [2.75, 3.05) is 0 Å². The standard InChI is InChI=1S/C18H13NO6/c1-10-6-16(21)25-15-8-13(7-14(17(10)15)23-11(2)20)24-18(22)12-4-3-5-19-9-12/h3-9H,1-2H3. The molecule has 2 aromatic heterocycles. The predicted octanol–water partition coefficient (Wildman–Crippen LogP) is 2.64. The lowest BCUT2D eigenvalue weighted by atomic mass is 10.1. The predicted molar refractivity (Wildman–Crippen MR) is 87.7 cm³/mol. The van der Waals surface area contributed by atoms with Crippen LogP contribution in [-0.4, -0.2) is 16.9 Å². The van der Waals surface area contributed by atoms with E-state index in [0.29, 0.717) is 10.9 Å². The van der Waals surface area contributed by atoms with E-state index in [4.69, 9.17) is 13.9 Å². The molecule has 2 heterocycles. The molecule has 0 aliphatic carbocycles. The minimum Gasteiger partial charge on any atom is -0.426 e. The molecule has 0 aliphatic heterocycles. The van der Waals surface area contributed by atoms with Crippen LogP contribution in [-0.2, 0) is 4.79 Å². The minimum atomic E-state index is -0.642. The molecule has 0 spiro atoms. The van der Waals surface area contributed by atoms with Gasteiger partial charge < -0.3 is 13.9 Å². The third kappa shape index (κ3) is 3.55. The third-order valence-corrected chi connectivity index (χ3v) is 3.34. The van der Waals surface area contributed by atoms with E-state index in [1.807, 2.05) is 0 Å². The normalized spacial score (nSPS) is 10.5. The van der Waals surface area contributed by atoms with Crippen LogP contribution >= 0.6 is 0 Å². The Labute approximate surface area is 141 Å². The topological polar surface area (TPSA) is 95.7 Å². The number of esters is 2. The number of hydrogen-bond donors (Lipinski definition) is 0. The summed E-state index contributed by atoms with van der Waals surface area (Å²) < 4.78 is 15.6. The maximum absolute atomic E-state index is 12.2. The van der Waals surface area contributed by atoms with Crippen molar-refractivity contribution in [1.82, 2.24) is 4.98 Å². The largest absolute Gasteiger partial charge is 0.426 e. The smallest absolute Gasteiger partial charge is 0.345 e. The van der Waals surface area contributed by atoms with E-state index >= 15 is 0 Å². The van der Waals surface area contributed by atoms with Gasteiger partial charge in [-0.2, -0.15) is 0 Å². The molecule has 1 aromatic carbocycles. The van der Waals surface area contributed by atoms with Crippen LogP contribution in [0.15, 0.2) is 51.9 Å². The van der Waals surface area contributed by atoms with Gasteiger partial charge in [-0.05, 0) is 24.6 Å². The van der Waals surface area contributed by atoms with Gasteiger partial charge in [-0.3, -0.25) is 9.78 Å². The van der Waals surface area contributed by atoms with Crippen LogP contribution < -0.4 is 15.1 Å². The molecule has 25 heavy (non-hydrogen) atoms. The monoisotopic (exact) mass is 339 g/mol. The van der Waals surface area contributed by atoms with Crippen molar-refractivity contribution in [3.63, 3.8) is 0 Å². The van der Waals surface area contributed by atoms with Crippen LogP contribution in [0.2, 0.25) is 0 Å². The van der Waals surface area contributed by atoms with Crippen molar-refractivity contribution in [2.45, 2.75) is 13.8 Å².